The highest BCUT2D eigenvalue weighted by Crippen LogP contribution is 2.18. The summed E-state index contributed by atoms with van der Waals surface area (Å²) in [5, 5.41) is 8.73. The Labute approximate surface area is 90.4 Å². The molecule has 5 heteroatoms. The van der Waals surface area contributed by atoms with E-state index in [1.54, 1.807) is 0 Å². The lowest BCUT2D eigenvalue weighted by Crippen LogP contribution is -1.94. The van der Waals surface area contributed by atoms with E-state index in [1.165, 1.54) is 0 Å². The molecule has 2 aromatic rings. The number of aryl methyl sites for hydroxylation is 1. The van der Waals surface area contributed by atoms with E-state index in [2.05, 4.69) is 9.36 Å². The number of carboxylic acid groups (broad SMARTS) is 1. The van der Waals surface area contributed by atoms with Crippen LogP contribution in [0.4, 0.5) is 0 Å². The molecule has 0 amide bonds. The topological polar surface area (TPSA) is 63.1 Å². The van der Waals surface area contributed by atoms with Crippen molar-refractivity contribution in [2.75, 3.05) is 0 Å². The molecule has 0 radical (unpaired) electrons. The number of hydrogen-bond acceptors (Lipinski definition) is 4. The SMILES string of the molecule is Cc1cccc(-c2nsc(C(=O)O)n2)c1. The van der Waals surface area contributed by atoms with Crippen LogP contribution in [-0.2, 0) is 0 Å². The van der Waals surface area contributed by atoms with E-state index in [0.717, 1.165) is 22.7 Å². The summed E-state index contributed by atoms with van der Waals surface area (Å²) in [6, 6.07) is 7.65. The fourth-order valence-corrected chi connectivity index (χ4v) is 1.74. The Bertz CT molecular complexity index is 508. The smallest absolute Gasteiger partial charge is 0.366 e. The fraction of sp³-hybridized carbons (Fsp3) is 0.100. The zero-order valence-corrected chi connectivity index (χ0v) is 8.78. The van der Waals surface area contributed by atoms with Gasteiger partial charge in [-0.1, -0.05) is 23.8 Å². The Morgan fingerprint density at radius 3 is 2.87 bits per heavy atom. The van der Waals surface area contributed by atoms with Crippen LogP contribution in [0.15, 0.2) is 24.3 Å². The van der Waals surface area contributed by atoms with Gasteiger partial charge in [-0.05, 0) is 24.5 Å². The highest BCUT2D eigenvalue weighted by Gasteiger charge is 2.11. The van der Waals surface area contributed by atoms with Gasteiger partial charge in [-0.15, -0.1) is 0 Å². The van der Waals surface area contributed by atoms with E-state index in [1.807, 2.05) is 31.2 Å². The molecule has 0 aliphatic rings. The van der Waals surface area contributed by atoms with Gasteiger partial charge in [-0.2, -0.15) is 4.37 Å². The molecule has 76 valence electrons. The molecule has 0 saturated heterocycles. The molecule has 1 aromatic carbocycles. The van der Waals surface area contributed by atoms with E-state index < -0.39 is 5.97 Å². The highest BCUT2D eigenvalue weighted by molar-refractivity contribution is 7.07. The van der Waals surface area contributed by atoms with E-state index in [-0.39, 0.29) is 5.01 Å². The molecule has 1 aromatic heterocycles. The van der Waals surface area contributed by atoms with Crippen molar-refractivity contribution in [3.63, 3.8) is 0 Å². The van der Waals surface area contributed by atoms with Gasteiger partial charge in [-0.25, -0.2) is 9.78 Å². The summed E-state index contributed by atoms with van der Waals surface area (Å²) in [7, 11) is 0. The molecule has 0 aliphatic carbocycles. The van der Waals surface area contributed by atoms with Crippen LogP contribution in [-0.4, -0.2) is 20.4 Å². The number of aromatic nitrogens is 2. The van der Waals surface area contributed by atoms with Crippen molar-refractivity contribution in [2.24, 2.45) is 0 Å². The molecular weight excluding hydrogens is 212 g/mol. The third-order valence-corrected chi connectivity index (χ3v) is 2.59. The predicted molar refractivity (Wildman–Crippen MR) is 57.0 cm³/mol. The lowest BCUT2D eigenvalue weighted by molar-refractivity contribution is 0.0696. The van der Waals surface area contributed by atoms with Crippen molar-refractivity contribution in [3.05, 3.63) is 34.8 Å². The van der Waals surface area contributed by atoms with Crippen molar-refractivity contribution >= 4 is 17.5 Å². The van der Waals surface area contributed by atoms with Crippen molar-refractivity contribution in [1.29, 1.82) is 0 Å². The summed E-state index contributed by atoms with van der Waals surface area (Å²) < 4.78 is 4.00. The minimum atomic E-state index is -1.04. The maximum atomic E-state index is 10.6. The molecule has 0 aliphatic heterocycles. The Morgan fingerprint density at radius 2 is 2.27 bits per heavy atom. The van der Waals surface area contributed by atoms with Crippen molar-refractivity contribution in [2.45, 2.75) is 6.92 Å². The Balaban J connectivity index is 2.41. The molecule has 0 spiro atoms. The van der Waals surface area contributed by atoms with Gasteiger partial charge in [0.05, 0.1) is 0 Å². The maximum Gasteiger partial charge on any atom is 0.366 e. The maximum absolute atomic E-state index is 10.6. The summed E-state index contributed by atoms with van der Waals surface area (Å²) in [6.45, 7) is 1.97. The van der Waals surface area contributed by atoms with E-state index in [0.29, 0.717) is 5.82 Å². The number of nitrogens with zero attached hydrogens (tertiary/aromatic N) is 2. The van der Waals surface area contributed by atoms with Crippen LogP contribution in [0.3, 0.4) is 0 Å². The zero-order valence-electron chi connectivity index (χ0n) is 7.97. The fourth-order valence-electron chi connectivity index (χ4n) is 1.21. The first-order valence-electron chi connectivity index (χ1n) is 4.31. The van der Waals surface area contributed by atoms with Gasteiger partial charge in [0, 0.05) is 5.56 Å². The summed E-state index contributed by atoms with van der Waals surface area (Å²) in [5.74, 6) is -0.562. The second kappa shape index (κ2) is 3.78. The van der Waals surface area contributed by atoms with Crippen molar-refractivity contribution < 1.29 is 9.90 Å². The van der Waals surface area contributed by atoms with Crippen LogP contribution in [0, 0.1) is 6.92 Å². The molecule has 1 N–H and O–H groups in total. The largest absolute Gasteiger partial charge is 0.476 e. The number of carbonyl (C=O) groups is 1. The molecule has 1 heterocycles. The van der Waals surface area contributed by atoms with Gasteiger partial charge < -0.3 is 5.11 Å². The Morgan fingerprint density at radius 1 is 1.47 bits per heavy atom. The van der Waals surface area contributed by atoms with Crippen LogP contribution in [0.25, 0.3) is 11.4 Å². The lowest BCUT2D eigenvalue weighted by atomic mass is 10.1. The molecule has 15 heavy (non-hydrogen) atoms. The Hall–Kier alpha value is -1.75. The molecule has 0 saturated carbocycles. The first kappa shape index (κ1) is 9.79. The predicted octanol–water partition coefficient (Wildman–Crippen LogP) is 2.21. The first-order chi connectivity index (χ1) is 7.16. The molecule has 2 rings (SSSR count). The average Bonchev–Trinajstić information content (AvgIpc) is 2.66. The van der Waals surface area contributed by atoms with Crippen LogP contribution in [0.2, 0.25) is 0 Å². The molecule has 0 bridgehead atoms. The van der Waals surface area contributed by atoms with Gasteiger partial charge >= 0.3 is 5.97 Å². The van der Waals surface area contributed by atoms with Crippen molar-refractivity contribution in [1.82, 2.24) is 9.36 Å². The minimum Gasteiger partial charge on any atom is -0.476 e. The van der Waals surface area contributed by atoms with E-state index in [4.69, 9.17) is 5.11 Å². The monoisotopic (exact) mass is 220 g/mol. The third-order valence-electron chi connectivity index (χ3n) is 1.89. The molecule has 0 fully saturated rings. The van der Waals surface area contributed by atoms with Gasteiger partial charge in [-0.3, -0.25) is 0 Å². The van der Waals surface area contributed by atoms with E-state index >= 15 is 0 Å². The molecular formula is C10H8N2O2S. The molecule has 0 unspecified atom stereocenters. The summed E-state index contributed by atoms with van der Waals surface area (Å²) in [4.78, 5) is 14.5. The normalized spacial score (nSPS) is 10.2. The lowest BCUT2D eigenvalue weighted by Gasteiger charge is -1.95. The highest BCUT2D eigenvalue weighted by atomic mass is 32.1. The second-order valence-corrected chi connectivity index (χ2v) is 3.85. The molecule has 4 nitrogen and oxygen atoms in total. The minimum absolute atomic E-state index is 0.0199. The van der Waals surface area contributed by atoms with Crippen LogP contribution in [0.1, 0.15) is 15.4 Å². The molecule has 0 atom stereocenters. The zero-order chi connectivity index (χ0) is 10.8. The van der Waals surface area contributed by atoms with Crippen LogP contribution < -0.4 is 0 Å². The van der Waals surface area contributed by atoms with Gasteiger partial charge in [0.2, 0.25) is 5.01 Å². The summed E-state index contributed by atoms with van der Waals surface area (Å²) in [6.07, 6.45) is 0. The summed E-state index contributed by atoms with van der Waals surface area (Å²) in [5.41, 5.74) is 1.94. The van der Waals surface area contributed by atoms with E-state index in [9.17, 15) is 4.79 Å². The van der Waals surface area contributed by atoms with Crippen LogP contribution in [0.5, 0.6) is 0 Å². The standard InChI is InChI=1S/C10H8N2O2S/c1-6-3-2-4-7(5-6)8-11-9(10(13)14)15-12-8/h2-5H,1H3,(H,13,14). The average molecular weight is 220 g/mol. The number of carboxylic acids is 1. The quantitative estimate of drug-likeness (QED) is 0.842. The van der Waals surface area contributed by atoms with Crippen LogP contribution >= 0.6 is 11.5 Å². The number of aromatic carboxylic acids is 1. The third kappa shape index (κ3) is 2.02. The van der Waals surface area contributed by atoms with Gasteiger partial charge in [0.1, 0.15) is 0 Å². The van der Waals surface area contributed by atoms with Gasteiger partial charge in [0.25, 0.3) is 0 Å². The Kier molecular flexibility index (Phi) is 2.47. The number of hydrogen-bond donors (Lipinski definition) is 1. The summed E-state index contributed by atoms with van der Waals surface area (Å²) >= 11 is 0.898. The van der Waals surface area contributed by atoms with Gasteiger partial charge in [0.15, 0.2) is 5.82 Å². The number of rotatable bonds is 2. The second-order valence-electron chi connectivity index (χ2n) is 3.10. The number of benzene rings is 1. The van der Waals surface area contributed by atoms with Crippen molar-refractivity contribution in [3.8, 4) is 11.4 Å². The first-order valence-corrected chi connectivity index (χ1v) is 5.08.